The molecule has 0 atom stereocenters. The van der Waals surface area contributed by atoms with Crippen LogP contribution in [-0.2, 0) is 0 Å². The molecule has 5 heteroatoms. The molecule has 0 saturated heterocycles. The van der Waals surface area contributed by atoms with E-state index in [2.05, 4.69) is 10.1 Å². The summed E-state index contributed by atoms with van der Waals surface area (Å²) in [5.41, 5.74) is 6.55. The Morgan fingerprint density at radius 1 is 1.43 bits per heavy atom. The van der Waals surface area contributed by atoms with E-state index in [-0.39, 0.29) is 11.8 Å². The van der Waals surface area contributed by atoms with Gasteiger partial charge in [-0.2, -0.15) is 0 Å². The molecule has 72 valence electrons. The van der Waals surface area contributed by atoms with Gasteiger partial charge in [0.05, 0.1) is 5.69 Å². The zero-order chi connectivity index (χ0) is 10.1. The average molecular weight is 192 g/mol. The number of nitrogens with two attached hydrogens (primary N) is 1. The highest BCUT2D eigenvalue weighted by atomic mass is 19.1. The summed E-state index contributed by atoms with van der Waals surface area (Å²) in [5.74, 6) is -0.0949. The highest BCUT2D eigenvalue weighted by molar-refractivity contribution is 5.34. The van der Waals surface area contributed by atoms with E-state index in [0.29, 0.717) is 11.3 Å². The molecule has 0 aliphatic rings. The summed E-state index contributed by atoms with van der Waals surface area (Å²) in [5, 5.41) is 3.87. The second-order valence-corrected chi connectivity index (χ2v) is 2.98. The fraction of sp³-hybridized carbons (Fsp3) is 0.111. The van der Waals surface area contributed by atoms with Gasteiger partial charge in [-0.25, -0.2) is 14.1 Å². The van der Waals surface area contributed by atoms with E-state index in [4.69, 9.17) is 5.73 Å². The van der Waals surface area contributed by atoms with E-state index >= 15 is 0 Å². The van der Waals surface area contributed by atoms with Gasteiger partial charge < -0.3 is 5.73 Å². The molecule has 2 N–H and O–H groups in total. The van der Waals surface area contributed by atoms with Gasteiger partial charge in [0.1, 0.15) is 12.1 Å². The molecule has 0 unspecified atom stereocenters. The minimum Gasteiger partial charge on any atom is -0.366 e. The SMILES string of the molecule is Cc1ccc(-n2cnc(N)n2)cc1F. The largest absolute Gasteiger partial charge is 0.366 e. The third-order valence-electron chi connectivity index (χ3n) is 1.93. The zero-order valence-corrected chi connectivity index (χ0v) is 7.61. The highest BCUT2D eigenvalue weighted by Crippen LogP contribution is 2.12. The lowest BCUT2D eigenvalue weighted by Gasteiger charge is -2.01. The van der Waals surface area contributed by atoms with Crippen molar-refractivity contribution in [2.45, 2.75) is 6.92 Å². The van der Waals surface area contributed by atoms with Crippen LogP contribution in [0.3, 0.4) is 0 Å². The second kappa shape index (κ2) is 3.10. The maximum absolute atomic E-state index is 13.2. The Labute approximate surface area is 80.2 Å². The third-order valence-corrected chi connectivity index (χ3v) is 1.93. The first-order valence-electron chi connectivity index (χ1n) is 4.10. The highest BCUT2D eigenvalue weighted by Gasteiger charge is 2.02. The molecule has 0 bridgehead atoms. The van der Waals surface area contributed by atoms with Crippen molar-refractivity contribution in [1.29, 1.82) is 0 Å². The van der Waals surface area contributed by atoms with Gasteiger partial charge in [0, 0.05) is 0 Å². The van der Waals surface area contributed by atoms with Crippen molar-refractivity contribution in [1.82, 2.24) is 14.8 Å². The van der Waals surface area contributed by atoms with Crippen LogP contribution in [0.4, 0.5) is 10.3 Å². The van der Waals surface area contributed by atoms with Gasteiger partial charge in [-0.1, -0.05) is 6.07 Å². The lowest BCUT2D eigenvalue weighted by molar-refractivity contribution is 0.616. The number of aromatic nitrogens is 3. The first kappa shape index (κ1) is 8.68. The number of rotatable bonds is 1. The maximum atomic E-state index is 13.2. The van der Waals surface area contributed by atoms with Crippen LogP contribution < -0.4 is 5.73 Å². The van der Waals surface area contributed by atoms with E-state index in [1.165, 1.54) is 17.1 Å². The first-order valence-corrected chi connectivity index (χ1v) is 4.10. The van der Waals surface area contributed by atoms with Crippen molar-refractivity contribution < 1.29 is 4.39 Å². The second-order valence-electron chi connectivity index (χ2n) is 2.98. The summed E-state index contributed by atoms with van der Waals surface area (Å²) in [4.78, 5) is 3.75. The monoisotopic (exact) mass is 192 g/mol. The Morgan fingerprint density at radius 2 is 2.21 bits per heavy atom. The number of nitrogens with zero attached hydrogens (tertiary/aromatic N) is 3. The lowest BCUT2D eigenvalue weighted by atomic mass is 10.2. The third kappa shape index (κ3) is 1.44. The van der Waals surface area contributed by atoms with Crippen LogP contribution >= 0.6 is 0 Å². The van der Waals surface area contributed by atoms with Gasteiger partial charge in [0.2, 0.25) is 5.95 Å². The van der Waals surface area contributed by atoms with Crippen molar-refractivity contribution in [2.75, 3.05) is 5.73 Å². The Morgan fingerprint density at radius 3 is 2.79 bits per heavy atom. The fourth-order valence-electron chi connectivity index (χ4n) is 1.12. The molecule has 14 heavy (non-hydrogen) atoms. The van der Waals surface area contributed by atoms with Crippen LogP contribution in [0, 0.1) is 12.7 Å². The molecule has 0 radical (unpaired) electrons. The molecule has 1 aromatic carbocycles. The smallest absolute Gasteiger partial charge is 0.239 e. The van der Waals surface area contributed by atoms with Gasteiger partial charge >= 0.3 is 0 Å². The number of benzene rings is 1. The molecule has 2 rings (SSSR count). The van der Waals surface area contributed by atoms with Crippen molar-refractivity contribution in [3.63, 3.8) is 0 Å². The Bertz CT molecular complexity index is 464. The van der Waals surface area contributed by atoms with Crippen molar-refractivity contribution in [2.24, 2.45) is 0 Å². The molecule has 4 nitrogen and oxygen atoms in total. The summed E-state index contributed by atoms with van der Waals surface area (Å²) < 4.78 is 14.6. The van der Waals surface area contributed by atoms with E-state index in [1.54, 1.807) is 19.1 Å². The predicted octanol–water partition coefficient (Wildman–Crippen LogP) is 1.30. The minimum absolute atomic E-state index is 0.172. The normalized spacial score (nSPS) is 10.4. The maximum Gasteiger partial charge on any atom is 0.239 e. The van der Waals surface area contributed by atoms with Gasteiger partial charge in [0.25, 0.3) is 0 Å². The number of anilines is 1. The summed E-state index contributed by atoms with van der Waals surface area (Å²) >= 11 is 0. The van der Waals surface area contributed by atoms with Crippen LogP contribution in [0.15, 0.2) is 24.5 Å². The quantitative estimate of drug-likeness (QED) is 0.740. The zero-order valence-electron chi connectivity index (χ0n) is 7.61. The van der Waals surface area contributed by atoms with E-state index in [1.807, 2.05) is 0 Å². The molecule has 0 amide bonds. The van der Waals surface area contributed by atoms with Crippen molar-refractivity contribution in [3.8, 4) is 5.69 Å². The molecule has 1 heterocycles. The van der Waals surface area contributed by atoms with Gasteiger partial charge in [-0.15, -0.1) is 5.10 Å². The Balaban J connectivity index is 2.47. The molecule has 0 aliphatic carbocycles. The summed E-state index contributed by atoms with van der Waals surface area (Å²) in [7, 11) is 0. The van der Waals surface area contributed by atoms with Crippen molar-refractivity contribution in [3.05, 3.63) is 35.9 Å². The van der Waals surface area contributed by atoms with Gasteiger partial charge in [-0.3, -0.25) is 0 Å². The van der Waals surface area contributed by atoms with Crippen LogP contribution in [0.5, 0.6) is 0 Å². The Hall–Kier alpha value is -1.91. The number of hydrogen-bond donors (Lipinski definition) is 1. The van der Waals surface area contributed by atoms with Crippen LogP contribution in [-0.4, -0.2) is 14.8 Å². The fourth-order valence-corrected chi connectivity index (χ4v) is 1.12. The molecule has 2 aromatic rings. The van der Waals surface area contributed by atoms with Crippen LogP contribution in [0.2, 0.25) is 0 Å². The Kier molecular flexibility index (Phi) is 1.92. The number of halogens is 1. The van der Waals surface area contributed by atoms with Crippen molar-refractivity contribution >= 4 is 5.95 Å². The lowest BCUT2D eigenvalue weighted by Crippen LogP contribution is -1.97. The molecule has 1 aromatic heterocycles. The average Bonchev–Trinajstić information content (AvgIpc) is 2.57. The van der Waals surface area contributed by atoms with Gasteiger partial charge in [0.15, 0.2) is 0 Å². The molecular formula is C9H9FN4. The molecular weight excluding hydrogens is 183 g/mol. The molecule has 0 saturated carbocycles. The molecule has 0 spiro atoms. The summed E-state index contributed by atoms with van der Waals surface area (Å²) in [6, 6.07) is 4.83. The van der Waals surface area contributed by atoms with E-state index in [0.717, 1.165) is 0 Å². The van der Waals surface area contributed by atoms with Crippen LogP contribution in [0.1, 0.15) is 5.56 Å². The number of aryl methyl sites for hydroxylation is 1. The minimum atomic E-state index is -0.267. The van der Waals surface area contributed by atoms with E-state index in [9.17, 15) is 4.39 Å². The topological polar surface area (TPSA) is 56.7 Å². The summed E-state index contributed by atoms with van der Waals surface area (Å²) in [6.45, 7) is 1.70. The molecule has 0 fully saturated rings. The first-order chi connectivity index (χ1) is 6.66. The summed E-state index contributed by atoms with van der Waals surface area (Å²) in [6.07, 6.45) is 1.44. The number of nitrogen functional groups attached to an aromatic ring is 1. The van der Waals surface area contributed by atoms with E-state index < -0.39 is 0 Å². The number of hydrogen-bond acceptors (Lipinski definition) is 3. The molecule has 0 aliphatic heterocycles. The standard InChI is InChI=1S/C9H9FN4/c1-6-2-3-7(4-8(6)10)14-5-12-9(11)13-14/h2-5H,1H3,(H2,11,13). The predicted molar refractivity (Wildman–Crippen MR) is 50.5 cm³/mol. The van der Waals surface area contributed by atoms with Crippen LogP contribution in [0.25, 0.3) is 5.69 Å². The van der Waals surface area contributed by atoms with Gasteiger partial charge in [-0.05, 0) is 24.6 Å².